The number of carbonyl (C=O) groups is 2. The summed E-state index contributed by atoms with van der Waals surface area (Å²) in [5, 5.41) is 2.61. The van der Waals surface area contributed by atoms with E-state index in [1.54, 1.807) is 24.3 Å². The molecule has 0 fully saturated rings. The van der Waals surface area contributed by atoms with Crippen LogP contribution in [0.25, 0.3) is 0 Å². The average molecular weight is 208 g/mol. The molecule has 1 aromatic rings. The van der Waals surface area contributed by atoms with Crippen molar-refractivity contribution in [3.05, 3.63) is 24.3 Å². The Kier molecular flexibility index (Phi) is 3.68. The van der Waals surface area contributed by atoms with E-state index in [-0.39, 0.29) is 12.5 Å². The highest BCUT2D eigenvalue weighted by Gasteiger charge is 1.98. The smallest absolute Gasteiger partial charge is 0.255 e. The van der Waals surface area contributed by atoms with Crippen molar-refractivity contribution >= 4 is 17.5 Å². The lowest BCUT2D eigenvalue weighted by Crippen LogP contribution is -2.19. The molecular weight excluding hydrogens is 196 g/mol. The SMILES string of the molecule is CC(=O)Nc1ccc(OCC(N)=O)cc1. The Morgan fingerprint density at radius 2 is 1.93 bits per heavy atom. The molecule has 0 aliphatic heterocycles. The Hall–Kier alpha value is -2.04. The summed E-state index contributed by atoms with van der Waals surface area (Å²) in [6.45, 7) is 1.27. The van der Waals surface area contributed by atoms with Crippen LogP contribution in [0.1, 0.15) is 6.92 Å². The Morgan fingerprint density at radius 3 is 2.40 bits per heavy atom. The van der Waals surface area contributed by atoms with Gasteiger partial charge >= 0.3 is 0 Å². The van der Waals surface area contributed by atoms with Crippen LogP contribution in [0.4, 0.5) is 5.69 Å². The average Bonchev–Trinajstić information content (AvgIpc) is 2.16. The van der Waals surface area contributed by atoms with E-state index in [1.807, 2.05) is 0 Å². The molecule has 0 radical (unpaired) electrons. The standard InChI is InChI=1S/C10H12N2O3/c1-7(13)12-8-2-4-9(5-3-8)15-6-10(11)14/h2-5H,6H2,1H3,(H2,11,14)(H,12,13). The van der Waals surface area contributed by atoms with Crippen LogP contribution < -0.4 is 15.8 Å². The number of amides is 2. The van der Waals surface area contributed by atoms with Gasteiger partial charge in [-0.3, -0.25) is 9.59 Å². The lowest BCUT2D eigenvalue weighted by molar-refractivity contribution is -0.120. The fourth-order valence-electron chi connectivity index (χ4n) is 0.992. The van der Waals surface area contributed by atoms with Crippen LogP contribution in [0.15, 0.2) is 24.3 Å². The second-order valence-electron chi connectivity index (χ2n) is 2.96. The van der Waals surface area contributed by atoms with E-state index in [0.717, 1.165) is 0 Å². The van der Waals surface area contributed by atoms with E-state index in [0.29, 0.717) is 11.4 Å². The zero-order chi connectivity index (χ0) is 11.3. The highest BCUT2D eigenvalue weighted by atomic mass is 16.5. The zero-order valence-corrected chi connectivity index (χ0v) is 8.32. The van der Waals surface area contributed by atoms with Gasteiger partial charge in [-0.2, -0.15) is 0 Å². The number of rotatable bonds is 4. The predicted molar refractivity (Wildman–Crippen MR) is 55.4 cm³/mol. The summed E-state index contributed by atoms with van der Waals surface area (Å²) in [6.07, 6.45) is 0. The van der Waals surface area contributed by atoms with Gasteiger partial charge in [0.2, 0.25) is 5.91 Å². The largest absolute Gasteiger partial charge is 0.484 e. The van der Waals surface area contributed by atoms with Crippen LogP contribution in [0.2, 0.25) is 0 Å². The third-order valence-corrected chi connectivity index (χ3v) is 1.56. The molecule has 15 heavy (non-hydrogen) atoms. The van der Waals surface area contributed by atoms with Crippen molar-refractivity contribution in [2.75, 3.05) is 11.9 Å². The number of benzene rings is 1. The Labute approximate surface area is 87.2 Å². The number of hydrogen-bond acceptors (Lipinski definition) is 3. The molecule has 0 saturated heterocycles. The summed E-state index contributed by atoms with van der Waals surface area (Å²) in [5.41, 5.74) is 5.59. The first-order chi connectivity index (χ1) is 7.08. The molecule has 0 atom stereocenters. The molecule has 1 aromatic carbocycles. The van der Waals surface area contributed by atoms with Crippen molar-refractivity contribution < 1.29 is 14.3 Å². The van der Waals surface area contributed by atoms with E-state index in [2.05, 4.69) is 5.32 Å². The Morgan fingerprint density at radius 1 is 1.33 bits per heavy atom. The van der Waals surface area contributed by atoms with Crippen molar-refractivity contribution in [3.8, 4) is 5.75 Å². The molecule has 80 valence electrons. The number of hydrogen-bond donors (Lipinski definition) is 2. The first kappa shape index (κ1) is 11.0. The fraction of sp³-hybridized carbons (Fsp3) is 0.200. The van der Waals surface area contributed by atoms with E-state index in [9.17, 15) is 9.59 Å². The van der Waals surface area contributed by atoms with E-state index < -0.39 is 5.91 Å². The number of nitrogens with one attached hydrogen (secondary N) is 1. The number of primary amides is 1. The van der Waals surface area contributed by atoms with Crippen molar-refractivity contribution in [2.45, 2.75) is 6.92 Å². The van der Waals surface area contributed by atoms with Crippen LogP contribution >= 0.6 is 0 Å². The van der Waals surface area contributed by atoms with Crippen LogP contribution in [0.3, 0.4) is 0 Å². The summed E-state index contributed by atoms with van der Waals surface area (Å²) in [5.74, 6) is -0.135. The minimum atomic E-state index is -0.527. The highest BCUT2D eigenvalue weighted by molar-refractivity contribution is 5.88. The maximum atomic E-state index is 10.7. The maximum absolute atomic E-state index is 10.7. The lowest BCUT2D eigenvalue weighted by atomic mass is 10.3. The van der Waals surface area contributed by atoms with Gasteiger partial charge in [0.25, 0.3) is 5.91 Å². The molecule has 0 aromatic heterocycles. The van der Waals surface area contributed by atoms with Gasteiger partial charge in [-0.05, 0) is 24.3 Å². The number of anilines is 1. The van der Waals surface area contributed by atoms with Gasteiger partial charge < -0.3 is 15.8 Å². The third kappa shape index (κ3) is 4.12. The quantitative estimate of drug-likeness (QED) is 0.756. The first-order valence-electron chi connectivity index (χ1n) is 4.36. The summed E-state index contributed by atoms with van der Waals surface area (Å²) >= 11 is 0. The monoisotopic (exact) mass is 208 g/mol. The van der Waals surface area contributed by atoms with Crippen molar-refractivity contribution in [2.24, 2.45) is 5.73 Å². The van der Waals surface area contributed by atoms with Crippen molar-refractivity contribution in [1.29, 1.82) is 0 Å². The Balaban J connectivity index is 2.56. The molecule has 2 amide bonds. The first-order valence-corrected chi connectivity index (χ1v) is 4.36. The van der Waals surface area contributed by atoms with Crippen molar-refractivity contribution in [1.82, 2.24) is 0 Å². The predicted octanol–water partition coefficient (Wildman–Crippen LogP) is 0.509. The van der Waals surface area contributed by atoms with E-state index >= 15 is 0 Å². The van der Waals surface area contributed by atoms with E-state index in [1.165, 1.54) is 6.92 Å². The third-order valence-electron chi connectivity index (χ3n) is 1.56. The molecule has 0 bridgehead atoms. The second-order valence-corrected chi connectivity index (χ2v) is 2.96. The number of carbonyl (C=O) groups excluding carboxylic acids is 2. The van der Waals surface area contributed by atoms with Gasteiger partial charge in [-0.25, -0.2) is 0 Å². The molecule has 5 nitrogen and oxygen atoms in total. The summed E-state index contributed by atoms with van der Waals surface area (Å²) in [4.78, 5) is 21.1. The molecular formula is C10H12N2O3. The molecule has 0 aliphatic rings. The lowest BCUT2D eigenvalue weighted by Gasteiger charge is -2.05. The van der Waals surface area contributed by atoms with Crippen LogP contribution in [-0.2, 0) is 9.59 Å². The van der Waals surface area contributed by atoms with Gasteiger partial charge in [0, 0.05) is 12.6 Å². The normalized spacial score (nSPS) is 9.40. The number of ether oxygens (including phenoxy) is 1. The second kappa shape index (κ2) is 4.99. The van der Waals surface area contributed by atoms with Gasteiger partial charge in [-0.1, -0.05) is 0 Å². The minimum absolute atomic E-state index is 0.138. The fourth-order valence-corrected chi connectivity index (χ4v) is 0.992. The molecule has 3 N–H and O–H groups in total. The molecule has 5 heteroatoms. The van der Waals surface area contributed by atoms with Crippen molar-refractivity contribution in [3.63, 3.8) is 0 Å². The molecule has 0 spiro atoms. The molecule has 0 heterocycles. The topological polar surface area (TPSA) is 81.4 Å². The molecule has 0 saturated carbocycles. The van der Waals surface area contributed by atoms with Gasteiger partial charge in [0.05, 0.1) is 0 Å². The van der Waals surface area contributed by atoms with E-state index in [4.69, 9.17) is 10.5 Å². The minimum Gasteiger partial charge on any atom is -0.484 e. The maximum Gasteiger partial charge on any atom is 0.255 e. The van der Waals surface area contributed by atoms with Gasteiger partial charge in [-0.15, -0.1) is 0 Å². The van der Waals surface area contributed by atoms with Gasteiger partial charge in [0.1, 0.15) is 5.75 Å². The molecule has 1 rings (SSSR count). The summed E-state index contributed by atoms with van der Waals surface area (Å²) in [6, 6.07) is 6.65. The number of nitrogens with two attached hydrogens (primary N) is 1. The summed E-state index contributed by atoms with van der Waals surface area (Å²) in [7, 11) is 0. The zero-order valence-electron chi connectivity index (χ0n) is 8.32. The highest BCUT2D eigenvalue weighted by Crippen LogP contribution is 2.15. The summed E-state index contributed by atoms with van der Waals surface area (Å²) < 4.78 is 5.04. The van der Waals surface area contributed by atoms with Crippen LogP contribution in [0, 0.1) is 0 Å². The van der Waals surface area contributed by atoms with Crippen LogP contribution in [0.5, 0.6) is 5.75 Å². The van der Waals surface area contributed by atoms with Gasteiger partial charge in [0.15, 0.2) is 6.61 Å². The molecule has 0 aliphatic carbocycles. The van der Waals surface area contributed by atoms with Crippen LogP contribution in [-0.4, -0.2) is 18.4 Å². The molecule has 0 unspecified atom stereocenters. The Bertz CT molecular complexity index is 359.